The van der Waals surface area contributed by atoms with E-state index < -0.39 is 0 Å². The third-order valence-corrected chi connectivity index (χ3v) is 5.57. The molecule has 1 aliphatic heterocycles. The average Bonchev–Trinajstić information content (AvgIpc) is 3.38. The number of nitrogens with one attached hydrogen (secondary N) is 1. The Morgan fingerprint density at radius 2 is 2.00 bits per heavy atom. The molecule has 1 aromatic carbocycles. The van der Waals surface area contributed by atoms with Crippen molar-refractivity contribution in [2.45, 2.75) is 56.7 Å². The van der Waals surface area contributed by atoms with Crippen LogP contribution in [0.4, 0.5) is 4.79 Å². The lowest BCUT2D eigenvalue weighted by Crippen LogP contribution is -2.50. The van der Waals surface area contributed by atoms with Gasteiger partial charge in [0, 0.05) is 19.6 Å². The molecule has 2 atom stereocenters. The smallest absolute Gasteiger partial charge is 0.318 e. The fraction of sp³-hybridized carbons (Fsp3) is 0.579. The van der Waals surface area contributed by atoms with Crippen LogP contribution in [0.3, 0.4) is 0 Å². The molecule has 0 aromatic heterocycles. The molecule has 1 saturated carbocycles. The molecule has 1 heterocycles. The van der Waals surface area contributed by atoms with E-state index in [2.05, 4.69) is 29.6 Å². The molecule has 2 aliphatic carbocycles. The number of hydrogen-bond acceptors (Lipinski definition) is 2. The van der Waals surface area contributed by atoms with Gasteiger partial charge in [-0.15, -0.1) is 0 Å². The van der Waals surface area contributed by atoms with E-state index in [0.29, 0.717) is 12.5 Å². The van der Waals surface area contributed by atoms with Gasteiger partial charge < -0.3 is 15.1 Å². The second-order valence-electron chi connectivity index (χ2n) is 7.30. The molecule has 128 valence electrons. The molecule has 5 heteroatoms. The minimum absolute atomic E-state index is 0.0307. The van der Waals surface area contributed by atoms with Crippen molar-refractivity contribution in [1.29, 1.82) is 0 Å². The summed E-state index contributed by atoms with van der Waals surface area (Å²) in [6.45, 7) is 0.722. The van der Waals surface area contributed by atoms with Gasteiger partial charge in [0.25, 0.3) is 0 Å². The lowest BCUT2D eigenvalue weighted by molar-refractivity contribution is -0.128. The second kappa shape index (κ2) is 6.11. The summed E-state index contributed by atoms with van der Waals surface area (Å²) in [7, 11) is 1.80. The Labute approximate surface area is 143 Å². The van der Waals surface area contributed by atoms with Crippen LogP contribution < -0.4 is 5.32 Å². The monoisotopic (exact) mass is 327 g/mol. The third kappa shape index (κ3) is 2.76. The zero-order chi connectivity index (χ0) is 16.7. The van der Waals surface area contributed by atoms with Crippen LogP contribution in [0.2, 0.25) is 0 Å². The van der Waals surface area contributed by atoms with Gasteiger partial charge in [-0.1, -0.05) is 24.3 Å². The van der Waals surface area contributed by atoms with Gasteiger partial charge in [0.05, 0.1) is 6.04 Å². The molecule has 2 unspecified atom stereocenters. The minimum atomic E-state index is -0.359. The van der Waals surface area contributed by atoms with Gasteiger partial charge in [0.2, 0.25) is 5.91 Å². The zero-order valence-electron chi connectivity index (χ0n) is 14.2. The molecule has 0 radical (unpaired) electrons. The highest BCUT2D eigenvalue weighted by Gasteiger charge is 2.41. The lowest BCUT2D eigenvalue weighted by atomic mass is 9.87. The van der Waals surface area contributed by atoms with Crippen molar-refractivity contribution in [2.24, 2.45) is 0 Å². The number of hydrogen-bond donors (Lipinski definition) is 1. The molecule has 24 heavy (non-hydrogen) atoms. The van der Waals surface area contributed by atoms with Crippen LogP contribution in [0.5, 0.6) is 0 Å². The molecule has 0 spiro atoms. The van der Waals surface area contributed by atoms with E-state index in [9.17, 15) is 9.59 Å². The lowest BCUT2D eigenvalue weighted by Gasteiger charge is -2.36. The van der Waals surface area contributed by atoms with E-state index >= 15 is 0 Å². The quantitative estimate of drug-likeness (QED) is 0.927. The zero-order valence-corrected chi connectivity index (χ0v) is 14.2. The molecule has 1 saturated heterocycles. The van der Waals surface area contributed by atoms with E-state index in [1.807, 2.05) is 4.90 Å². The predicted molar refractivity (Wildman–Crippen MR) is 91.6 cm³/mol. The SMILES string of the molecule is CN1CCC(NC(=O)N(C2CC2)C2CCCc3ccccc32)C1=O. The maximum Gasteiger partial charge on any atom is 0.318 e. The van der Waals surface area contributed by atoms with Crippen molar-refractivity contribution < 1.29 is 9.59 Å². The predicted octanol–water partition coefficient (Wildman–Crippen LogP) is 2.47. The van der Waals surface area contributed by atoms with Crippen LogP contribution in [-0.4, -0.2) is 47.4 Å². The summed E-state index contributed by atoms with van der Waals surface area (Å²) in [5, 5.41) is 3.00. The number of aryl methyl sites for hydroxylation is 1. The average molecular weight is 327 g/mol. The molecule has 1 N–H and O–H groups in total. The van der Waals surface area contributed by atoms with Gasteiger partial charge in [-0.25, -0.2) is 4.79 Å². The normalized spacial score (nSPS) is 26.2. The third-order valence-electron chi connectivity index (χ3n) is 5.57. The Balaban J connectivity index is 1.55. The molecule has 5 nitrogen and oxygen atoms in total. The number of nitrogens with zero attached hydrogens (tertiary/aromatic N) is 2. The molecule has 4 rings (SSSR count). The number of carbonyl (C=O) groups is 2. The summed E-state index contributed by atoms with van der Waals surface area (Å²) in [6.07, 6.45) is 6.08. The summed E-state index contributed by atoms with van der Waals surface area (Å²) < 4.78 is 0. The van der Waals surface area contributed by atoms with Crippen LogP contribution in [-0.2, 0) is 11.2 Å². The molecule has 2 fully saturated rings. The van der Waals surface area contributed by atoms with E-state index in [1.54, 1.807) is 11.9 Å². The fourth-order valence-corrected chi connectivity index (χ4v) is 4.11. The Bertz CT molecular complexity index is 656. The number of urea groups is 1. The first-order valence-corrected chi connectivity index (χ1v) is 9.07. The van der Waals surface area contributed by atoms with Crippen molar-refractivity contribution in [3.05, 3.63) is 35.4 Å². The molecular formula is C19H25N3O2. The van der Waals surface area contributed by atoms with Crippen LogP contribution >= 0.6 is 0 Å². The highest BCUT2D eigenvalue weighted by atomic mass is 16.2. The number of fused-ring (bicyclic) bond motifs is 1. The van der Waals surface area contributed by atoms with Gasteiger partial charge in [-0.3, -0.25) is 4.79 Å². The first kappa shape index (κ1) is 15.5. The highest BCUT2D eigenvalue weighted by Crippen LogP contribution is 2.40. The first-order valence-electron chi connectivity index (χ1n) is 9.07. The number of rotatable bonds is 3. The van der Waals surface area contributed by atoms with Crippen molar-refractivity contribution >= 4 is 11.9 Å². The number of likely N-dealkylation sites (N-methyl/N-ethyl adjacent to an activating group) is 1. The summed E-state index contributed by atoms with van der Waals surface area (Å²) in [5.41, 5.74) is 2.66. The standard InChI is InChI=1S/C19H25N3O2/c1-21-12-11-16(18(21)23)20-19(24)22(14-9-10-14)17-8-4-6-13-5-2-3-7-15(13)17/h2-3,5,7,14,16-17H,4,6,8-12H2,1H3,(H,20,24). The number of likely N-dealkylation sites (tertiary alicyclic amines) is 1. The highest BCUT2D eigenvalue weighted by molar-refractivity contribution is 5.88. The van der Waals surface area contributed by atoms with Gasteiger partial charge in [-0.05, 0) is 49.7 Å². The Kier molecular flexibility index (Phi) is 3.94. The van der Waals surface area contributed by atoms with Crippen LogP contribution in [0.15, 0.2) is 24.3 Å². The Morgan fingerprint density at radius 1 is 1.21 bits per heavy atom. The van der Waals surface area contributed by atoms with E-state index in [-0.39, 0.29) is 24.0 Å². The molecule has 3 aliphatic rings. The topological polar surface area (TPSA) is 52.7 Å². The van der Waals surface area contributed by atoms with Crippen LogP contribution in [0, 0.1) is 0 Å². The number of benzene rings is 1. The van der Waals surface area contributed by atoms with Crippen molar-refractivity contribution in [1.82, 2.24) is 15.1 Å². The molecule has 0 bridgehead atoms. The minimum Gasteiger partial charge on any atom is -0.344 e. The van der Waals surface area contributed by atoms with E-state index in [0.717, 1.165) is 38.6 Å². The summed E-state index contributed by atoms with van der Waals surface area (Å²) in [6, 6.07) is 8.55. The molecular weight excluding hydrogens is 302 g/mol. The van der Waals surface area contributed by atoms with Crippen molar-refractivity contribution in [3.8, 4) is 0 Å². The number of amides is 3. The van der Waals surface area contributed by atoms with Gasteiger partial charge >= 0.3 is 6.03 Å². The first-order chi connectivity index (χ1) is 11.6. The summed E-state index contributed by atoms with van der Waals surface area (Å²) in [5.74, 6) is 0.0307. The van der Waals surface area contributed by atoms with Crippen molar-refractivity contribution in [2.75, 3.05) is 13.6 Å². The Morgan fingerprint density at radius 3 is 2.71 bits per heavy atom. The second-order valence-corrected chi connectivity index (χ2v) is 7.30. The number of carbonyl (C=O) groups excluding carboxylic acids is 2. The molecule has 1 aromatic rings. The van der Waals surface area contributed by atoms with E-state index in [4.69, 9.17) is 0 Å². The van der Waals surface area contributed by atoms with E-state index in [1.165, 1.54) is 11.1 Å². The van der Waals surface area contributed by atoms with Crippen LogP contribution in [0.1, 0.15) is 49.3 Å². The van der Waals surface area contributed by atoms with Gasteiger partial charge in [0.1, 0.15) is 6.04 Å². The van der Waals surface area contributed by atoms with Crippen molar-refractivity contribution in [3.63, 3.8) is 0 Å². The Hall–Kier alpha value is -2.04. The summed E-state index contributed by atoms with van der Waals surface area (Å²) >= 11 is 0. The molecule has 3 amide bonds. The van der Waals surface area contributed by atoms with Gasteiger partial charge in [-0.2, -0.15) is 0 Å². The summed E-state index contributed by atoms with van der Waals surface area (Å²) in [4.78, 5) is 28.8. The maximum atomic E-state index is 13.0. The maximum absolute atomic E-state index is 13.0. The largest absolute Gasteiger partial charge is 0.344 e. The van der Waals surface area contributed by atoms with Crippen LogP contribution in [0.25, 0.3) is 0 Å². The fourth-order valence-electron chi connectivity index (χ4n) is 4.11. The van der Waals surface area contributed by atoms with Gasteiger partial charge in [0.15, 0.2) is 0 Å².